The number of rotatable bonds is 4. The molecule has 1 aliphatic rings. The van der Waals surface area contributed by atoms with Crippen LogP contribution in [0.15, 0.2) is 6.20 Å². The first kappa shape index (κ1) is 15.0. The lowest BCUT2D eigenvalue weighted by atomic mass is 10.1. The Morgan fingerprint density at radius 3 is 3.27 bits per heavy atom. The molecule has 2 N–H and O–H groups in total. The summed E-state index contributed by atoms with van der Waals surface area (Å²) in [5.74, 6) is 0. The molecule has 8 heteroatoms. The average Bonchev–Trinajstić information content (AvgIpc) is 3.12. The van der Waals surface area contributed by atoms with Crippen LogP contribution in [0.2, 0.25) is 0 Å². The number of nitrogens with one attached hydrogen (secondary N) is 2. The van der Waals surface area contributed by atoms with E-state index in [1.807, 2.05) is 6.92 Å². The van der Waals surface area contributed by atoms with Gasteiger partial charge in [0.05, 0.1) is 23.7 Å². The molecule has 0 saturated heterocycles. The number of carbonyl (C=O) groups is 1. The summed E-state index contributed by atoms with van der Waals surface area (Å²) in [4.78, 5) is 19.6. The van der Waals surface area contributed by atoms with Gasteiger partial charge < -0.3 is 4.74 Å². The maximum absolute atomic E-state index is 12.5. The zero-order chi connectivity index (χ0) is 15.5. The summed E-state index contributed by atoms with van der Waals surface area (Å²) in [5.41, 5.74) is 2.78. The first-order chi connectivity index (χ1) is 10.7. The molecule has 0 unspecified atom stereocenters. The summed E-state index contributed by atoms with van der Waals surface area (Å²) in [7, 11) is 1.67. The van der Waals surface area contributed by atoms with Gasteiger partial charge in [-0.2, -0.15) is 5.10 Å². The van der Waals surface area contributed by atoms with Crippen molar-refractivity contribution in [1.82, 2.24) is 15.2 Å². The van der Waals surface area contributed by atoms with E-state index in [9.17, 15) is 4.79 Å². The van der Waals surface area contributed by atoms with Crippen molar-refractivity contribution in [3.05, 3.63) is 22.5 Å². The molecule has 2 aromatic rings. The molecule has 3 rings (SSSR count). The highest BCUT2D eigenvalue weighted by atomic mass is 32.1. The monoisotopic (exact) mass is 321 g/mol. The molecule has 0 saturated carbocycles. The van der Waals surface area contributed by atoms with Gasteiger partial charge in [-0.1, -0.05) is 0 Å². The van der Waals surface area contributed by atoms with E-state index in [2.05, 4.69) is 20.5 Å². The summed E-state index contributed by atoms with van der Waals surface area (Å²) in [6, 6.07) is -0.155. The Hall–Kier alpha value is -1.93. The number of hydrogen-bond acceptors (Lipinski definition) is 5. The molecular weight excluding hydrogens is 302 g/mol. The minimum Gasteiger partial charge on any atom is -0.384 e. The summed E-state index contributed by atoms with van der Waals surface area (Å²) in [6.45, 7) is 3.28. The van der Waals surface area contributed by atoms with Crippen LogP contribution in [0.5, 0.6) is 0 Å². The molecule has 118 valence electrons. The number of thiazole rings is 1. The number of methoxy groups -OCH3 is 1. The fourth-order valence-corrected chi connectivity index (χ4v) is 3.35. The second kappa shape index (κ2) is 6.45. The third-order valence-corrected chi connectivity index (χ3v) is 4.59. The first-order valence-electron chi connectivity index (χ1n) is 7.25. The highest BCUT2D eigenvalue weighted by molar-refractivity contribution is 7.15. The Morgan fingerprint density at radius 1 is 1.59 bits per heavy atom. The number of anilines is 2. The van der Waals surface area contributed by atoms with E-state index in [1.165, 1.54) is 11.3 Å². The topological polar surface area (TPSA) is 83.1 Å². The van der Waals surface area contributed by atoms with Crippen LogP contribution < -0.4 is 10.2 Å². The molecule has 22 heavy (non-hydrogen) atoms. The molecule has 2 aromatic heterocycles. The highest BCUT2D eigenvalue weighted by Crippen LogP contribution is 2.29. The van der Waals surface area contributed by atoms with Gasteiger partial charge in [-0.25, -0.2) is 9.78 Å². The van der Waals surface area contributed by atoms with E-state index < -0.39 is 0 Å². The number of ether oxygens (including phenoxy) is 1. The zero-order valence-electron chi connectivity index (χ0n) is 12.7. The summed E-state index contributed by atoms with van der Waals surface area (Å²) in [5, 5.41) is 10.7. The van der Waals surface area contributed by atoms with Crippen LogP contribution in [0.3, 0.4) is 0 Å². The molecule has 0 atom stereocenters. The van der Waals surface area contributed by atoms with Crippen molar-refractivity contribution in [2.45, 2.75) is 26.2 Å². The largest absolute Gasteiger partial charge is 0.384 e. The Bertz CT molecular complexity index is 666. The van der Waals surface area contributed by atoms with Crippen LogP contribution in [0.4, 0.5) is 15.6 Å². The van der Waals surface area contributed by atoms with Crippen LogP contribution in [0.25, 0.3) is 0 Å². The molecule has 0 aromatic carbocycles. The highest BCUT2D eigenvalue weighted by Gasteiger charge is 2.27. The van der Waals surface area contributed by atoms with Crippen molar-refractivity contribution in [3.8, 4) is 0 Å². The second-order valence-corrected chi connectivity index (χ2v) is 6.32. The Balaban J connectivity index is 1.70. The lowest BCUT2D eigenvalue weighted by Gasteiger charge is -2.26. The van der Waals surface area contributed by atoms with Gasteiger partial charge in [0.15, 0.2) is 5.13 Å². The van der Waals surface area contributed by atoms with Gasteiger partial charge in [-0.15, -0.1) is 11.3 Å². The number of amides is 2. The molecule has 0 bridgehead atoms. The van der Waals surface area contributed by atoms with Crippen LogP contribution in [0.1, 0.15) is 22.7 Å². The molecule has 0 radical (unpaired) electrons. The third-order valence-electron chi connectivity index (χ3n) is 3.62. The number of fused-ring (bicyclic) bond motifs is 1. The van der Waals surface area contributed by atoms with Crippen molar-refractivity contribution in [3.63, 3.8) is 0 Å². The zero-order valence-corrected chi connectivity index (χ0v) is 13.5. The number of H-pyrrole nitrogens is 1. The van der Waals surface area contributed by atoms with E-state index in [0.29, 0.717) is 18.3 Å². The fraction of sp³-hybridized carbons (Fsp3) is 0.500. The number of aryl methyl sites for hydroxylation is 2. The normalized spacial score (nSPS) is 14.0. The van der Waals surface area contributed by atoms with E-state index in [-0.39, 0.29) is 6.03 Å². The van der Waals surface area contributed by atoms with E-state index in [1.54, 1.807) is 18.2 Å². The molecule has 0 aliphatic carbocycles. The smallest absolute Gasteiger partial charge is 0.328 e. The maximum Gasteiger partial charge on any atom is 0.328 e. The number of nitrogens with zero attached hydrogens (tertiary/aromatic N) is 3. The number of aromatic amines is 1. The van der Waals surface area contributed by atoms with E-state index in [0.717, 1.165) is 41.2 Å². The third kappa shape index (κ3) is 2.97. The second-order valence-electron chi connectivity index (χ2n) is 5.20. The minimum atomic E-state index is -0.155. The van der Waals surface area contributed by atoms with Crippen LogP contribution in [-0.4, -0.2) is 41.5 Å². The average molecular weight is 321 g/mol. The number of urea groups is 1. The van der Waals surface area contributed by atoms with Crippen molar-refractivity contribution in [2.24, 2.45) is 0 Å². The number of carbonyl (C=O) groups excluding carboxylic acids is 1. The SMILES string of the molecule is COCCc1cnc(NC(=O)N2CCCc3n[nH]c(C)c32)s1. The van der Waals surface area contributed by atoms with Gasteiger partial charge in [0.2, 0.25) is 0 Å². The Labute approximate surface area is 132 Å². The van der Waals surface area contributed by atoms with Crippen LogP contribution in [0, 0.1) is 6.92 Å². The number of aromatic nitrogens is 3. The van der Waals surface area contributed by atoms with Gasteiger partial charge >= 0.3 is 6.03 Å². The van der Waals surface area contributed by atoms with Crippen molar-refractivity contribution >= 4 is 28.2 Å². The molecule has 1 aliphatic heterocycles. The predicted molar refractivity (Wildman–Crippen MR) is 85.7 cm³/mol. The molecule has 7 nitrogen and oxygen atoms in total. The van der Waals surface area contributed by atoms with E-state index in [4.69, 9.17) is 4.74 Å². The minimum absolute atomic E-state index is 0.155. The molecule has 2 amide bonds. The van der Waals surface area contributed by atoms with Crippen molar-refractivity contribution in [2.75, 3.05) is 30.5 Å². The molecular formula is C14H19N5O2S. The predicted octanol–water partition coefficient (Wildman–Crippen LogP) is 2.35. The van der Waals surface area contributed by atoms with Gasteiger partial charge in [0.1, 0.15) is 0 Å². The van der Waals surface area contributed by atoms with E-state index >= 15 is 0 Å². The molecule has 3 heterocycles. The lowest BCUT2D eigenvalue weighted by molar-refractivity contribution is 0.203. The maximum atomic E-state index is 12.5. The van der Waals surface area contributed by atoms with Gasteiger partial charge in [0, 0.05) is 31.1 Å². The van der Waals surface area contributed by atoms with Crippen LogP contribution >= 0.6 is 11.3 Å². The Morgan fingerprint density at radius 2 is 2.45 bits per heavy atom. The first-order valence-corrected chi connectivity index (χ1v) is 8.06. The summed E-state index contributed by atoms with van der Waals surface area (Å²) >= 11 is 1.48. The summed E-state index contributed by atoms with van der Waals surface area (Å²) in [6.07, 6.45) is 4.41. The fourth-order valence-electron chi connectivity index (χ4n) is 2.57. The van der Waals surface area contributed by atoms with Crippen molar-refractivity contribution < 1.29 is 9.53 Å². The molecule has 0 fully saturated rings. The molecule has 0 spiro atoms. The quantitative estimate of drug-likeness (QED) is 0.905. The standard InChI is InChI=1S/C14H19N5O2S/c1-9-12-11(18-17-9)4-3-6-19(12)14(20)16-13-15-8-10(22-13)5-7-21-2/h8H,3-7H2,1-2H3,(H,17,18)(H,15,16,20). The Kier molecular flexibility index (Phi) is 4.39. The lowest BCUT2D eigenvalue weighted by Crippen LogP contribution is -2.38. The van der Waals surface area contributed by atoms with Gasteiger partial charge in [0.25, 0.3) is 0 Å². The van der Waals surface area contributed by atoms with Gasteiger partial charge in [-0.3, -0.25) is 15.3 Å². The van der Waals surface area contributed by atoms with Gasteiger partial charge in [-0.05, 0) is 19.8 Å². The summed E-state index contributed by atoms with van der Waals surface area (Å²) < 4.78 is 5.05. The van der Waals surface area contributed by atoms with Crippen molar-refractivity contribution in [1.29, 1.82) is 0 Å². The van der Waals surface area contributed by atoms with Crippen LogP contribution in [-0.2, 0) is 17.6 Å². The number of hydrogen-bond donors (Lipinski definition) is 2.